The molecule has 1 atom stereocenters. The zero-order chi connectivity index (χ0) is 14.9. The number of hydrogen-bond acceptors (Lipinski definition) is 3. The molecule has 0 saturated carbocycles. The zero-order valence-electron chi connectivity index (χ0n) is 12.6. The van der Waals surface area contributed by atoms with Gasteiger partial charge in [0.2, 0.25) is 0 Å². The van der Waals surface area contributed by atoms with E-state index in [0.29, 0.717) is 6.04 Å². The van der Waals surface area contributed by atoms with E-state index in [1.165, 1.54) is 5.52 Å². The van der Waals surface area contributed by atoms with Crippen LogP contribution in [0.1, 0.15) is 31.7 Å². The maximum absolute atomic E-state index is 12.4. The van der Waals surface area contributed by atoms with Gasteiger partial charge in [-0.1, -0.05) is 12.1 Å². The topological polar surface area (TPSA) is 47.4 Å². The van der Waals surface area contributed by atoms with Gasteiger partial charge in [-0.2, -0.15) is 0 Å². The molecule has 2 saturated heterocycles. The lowest BCUT2D eigenvalue weighted by molar-refractivity contribution is -0.142. The standard InChI is InChI=1S/C17H21N3O2/c21-17(16-6-3-11-22-16)19-9-7-13(8-10-19)20-12-18-14-4-1-2-5-15(14)20/h1-2,4-5,12-13,16H,3,6-11H2. The fourth-order valence-electron chi connectivity index (χ4n) is 3.61. The second kappa shape index (κ2) is 5.72. The lowest BCUT2D eigenvalue weighted by atomic mass is 10.0. The van der Waals surface area contributed by atoms with Crippen LogP contribution < -0.4 is 0 Å². The van der Waals surface area contributed by atoms with Crippen molar-refractivity contribution >= 4 is 16.9 Å². The largest absolute Gasteiger partial charge is 0.368 e. The van der Waals surface area contributed by atoms with Gasteiger partial charge in [0.1, 0.15) is 6.10 Å². The lowest BCUT2D eigenvalue weighted by Gasteiger charge is -2.34. The van der Waals surface area contributed by atoms with Gasteiger partial charge in [-0.3, -0.25) is 4.79 Å². The third kappa shape index (κ3) is 2.39. The zero-order valence-corrected chi connectivity index (χ0v) is 12.6. The number of imidazole rings is 1. The van der Waals surface area contributed by atoms with E-state index in [0.717, 1.165) is 50.9 Å². The molecule has 1 aromatic carbocycles. The van der Waals surface area contributed by atoms with Crippen LogP contribution in [0.4, 0.5) is 0 Å². The highest BCUT2D eigenvalue weighted by Crippen LogP contribution is 2.27. The van der Waals surface area contributed by atoms with E-state index in [4.69, 9.17) is 4.74 Å². The maximum atomic E-state index is 12.4. The molecule has 2 aliphatic heterocycles. The molecule has 0 N–H and O–H groups in total. The van der Waals surface area contributed by atoms with Crippen molar-refractivity contribution < 1.29 is 9.53 Å². The van der Waals surface area contributed by atoms with E-state index in [-0.39, 0.29) is 12.0 Å². The van der Waals surface area contributed by atoms with Crippen LogP contribution in [-0.2, 0) is 9.53 Å². The summed E-state index contributed by atoms with van der Waals surface area (Å²) < 4.78 is 7.79. The fraction of sp³-hybridized carbons (Fsp3) is 0.529. The highest BCUT2D eigenvalue weighted by molar-refractivity contribution is 5.81. The first kappa shape index (κ1) is 13.8. The van der Waals surface area contributed by atoms with Gasteiger partial charge in [0, 0.05) is 25.7 Å². The van der Waals surface area contributed by atoms with Crippen molar-refractivity contribution in [3.8, 4) is 0 Å². The predicted octanol–water partition coefficient (Wildman–Crippen LogP) is 2.38. The van der Waals surface area contributed by atoms with E-state index >= 15 is 0 Å². The summed E-state index contributed by atoms with van der Waals surface area (Å²) in [5.41, 5.74) is 2.23. The first-order valence-electron chi connectivity index (χ1n) is 8.15. The number of carbonyl (C=O) groups excluding carboxylic acids is 1. The molecule has 0 bridgehead atoms. The third-order valence-corrected chi connectivity index (χ3v) is 4.86. The molecule has 0 radical (unpaired) electrons. The number of fused-ring (bicyclic) bond motifs is 1. The number of ether oxygens (including phenoxy) is 1. The Morgan fingerprint density at radius 2 is 2.00 bits per heavy atom. The molecule has 22 heavy (non-hydrogen) atoms. The van der Waals surface area contributed by atoms with Crippen molar-refractivity contribution in [3.63, 3.8) is 0 Å². The summed E-state index contributed by atoms with van der Waals surface area (Å²) in [6.45, 7) is 2.36. The van der Waals surface area contributed by atoms with E-state index in [9.17, 15) is 4.79 Å². The molecule has 2 aromatic rings. The summed E-state index contributed by atoms with van der Waals surface area (Å²) in [5, 5.41) is 0. The van der Waals surface area contributed by atoms with Gasteiger partial charge in [-0.25, -0.2) is 4.98 Å². The Kier molecular flexibility index (Phi) is 3.58. The number of nitrogens with zero attached hydrogens (tertiary/aromatic N) is 3. The molecule has 4 rings (SSSR count). The Bertz CT molecular complexity index is 667. The Morgan fingerprint density at radius 3 is 2.77 bits per heavy atom. The van der Waals surface area contributed by atoms with E-state index < -0.39 is 0 Å². The van der Waals surface area contributed by atoms with Gasteiger partial charge >= 0.3 is 0 Å². The molecule has 1 amide bonds. The molecule has 1 aromatic heterocycles. The van der Waals surface area contributed by atoms with Crippen LogP contribution in [0.3, 0.4) is 0 Å². The number of piperidine rings is 1. The Morgan fingerprint density at radius 1 is 1.18 bits per heavy atom. The van der Waals surface area contributed by atoms with Gasteiger partial charge in [0.15, 0.2) is 0 Å². The monoisotopic (exact) mass is 299 g/mol. The number of rotatable bonds is 2. The number of carbonyl (C=O) groups is 1. The van der Waals surface area contributed by atoms with Crippen molar-refractivity contribution in [3.05, 3.63) is 30.6 Å². The van der Waals surface area contributed by atoms with Crippen LogP contribution in [-0.4, -0.2) is 46.2 Å². The molecule has 2 fully saturated rings. The molecular formula is C17H21N3O2. The van der Waals surface area contributed by atoms with Crippen molar-refractivity contribution in [2.24, 2.45) is 0 Å². The number of benzene rings is 1. The first-order valence-corrected chi connectivity index (χ1v) is 8.15. The molecule has 5 nitrogen and oxygen atoms in total. The number of likely N-dealkylation sites (tertiary alicyclic amines) is 1. The summed E-state index contributed by atoms with van der Waals surface area (Å²) in [6.07, 6.45) is 5.61. The van der Waals surface area contributed by atoms with Crippen molar-refractivity contribution in [1.29, 1.82) is 0 Å². The van der Waals surface area contributed by atoms with E-state index in [1.807, 2.05) is 23.4 Å². The van der Waals surface area contributed by atoms with E-state index in [2.05, 4.69) is 21.7 Å². The van der Waals surface area contributed by atoms with Crippen LogP contribution in [0.5, 0.6) is 0 Å². The van der Waals surface area contributed by atoms with Crippen molar-refractivity contribution in [1.82, 2.24) is 14.5 Å². The predicted molar refractivity (Wildman–Crippen MR) is 83.6 cm³/mol. The minimum atomic E-state index is -0.189. The number of para-hydroxylation sites is 2. The SMILES string of the molecule is O=C(C1CCCO1)N1CCC(n2cnc3ccccc32)CC1. The summed E-state index contributed by atoms with van der Waals surface area (Å²) in [7, 11) is 0. The fourth-order valence-corrected chi connectivity index (χ4v) is 3.61. The second-order valence-electron chi connectivity index (χ2n) is 6.20. The third-order valence-electron chi connectivity index (χ3n) is 4.86. The molecule has 5 heteroatoms. The Hall–Kier alpha value is -1.88. The lowest BCUT2D eigenvalue weighted by Crippen LogP contribution is -2.44. The smallest absolute Gasteiger partial charge is 0.251 e. The second-order valence-corrected chi connectivity index (χ2v) is 6.20. The maximum Gasteiger partial charge on any atom is 0.251 e. The molecule has 0 aliphatic carbocycles. The molecule has 1 unspecified atom stereocenters. The summed E-state index contributed by atoms with van der Waals surface area (Å²) in [5.74, 6) is 0.187. The molecule has 2 aliphatic rings. The summed E-state index contributed by atoms with van der Waals surface area (Å²) in [4.78, 5) is 18.8. The number of amides is 1. The van der Waals surface area contributed by atoms with Gasteiger partial charge in [-0.15, -0.1) is 0 Å². The van der Waals surface area contributed by atoms with Crippen LogP contribution >= 0.6 is 0 Å². The quantitative estimate of drug-likeness (QED) is 0.855. The van der Waals surface area contributed by atoms with Crippen molar-refractivity contribution in [2.45, 2.75) is 37.8 Å². The van der Waals surface area contributed by atoms with Crippen LogP contribution in [0.25, 0.3) is 11.0 Å². The van der Waals surface area contributed by atoms with Crippen LogP contribution in [0.2, 0.25) is 0 Å². The molecule has 3 heterocycles. The average Bonchev–Trinajstić information content (AvgIpc) is 3.24. The normalized spacial score (nSPS) is 23.3. The Labute approximate surface area is 129 Å². The molecule has 0 spiro atoms. The number of hydrogen-bond donors (Lipinski definition) is 0. The van der Waals surface area contributed by atoms with E-state index in [1.54, 1.807) is 0 Å². The van der Waals surface area contributed by atoms with Gasteiger partial charge in [0.25, 0.3) is 5.91 Å². The highest BCUT2D eigenvalue weighted by Gasteiger charge is 2.31. The number of aromatic nitrogens is 2. The summed E-state index contributed by atoms with van der Waals surface area (Å²) in [6, 6.07) is 8.66. The van der Waals surface area contributed by atoms with Gasteiger partial charge in [0.05, 0.1) is 17.4 Å². The highest BCUT2D eigenvalue weighted by atomic mass is 16.5. The van der Waals surface area contributed by atoms with Crippen LogP contribution in [0, 0.1) is 0 Å². The van der Waals surface area contributed by atoms with Gasteiger partial charge in [-0.05, 0) is 37.8 Å². The Balaban J connectivity index is 1.44. The minimum Gasteiger partial charge on any atom is -0.368 e. The average molecular weight is 299 g/mol. The summed E-state index contributed by atoms with van der Waals surface area (Å²) >= 11 is 0. The van der Waals surface area contributed by atoms with Crippen molar-refractivity contribution in [2.75, 3.05) is 19.7 Å². The molecule has 116 valence electrons. The molecular weight excluding hydrogens is 278 g/mol. The first-order chi connectivity index (χ1) is 10.8. The van der Waals surface area contributed by atoms with Crippen LogP contribution in [0.15, 0.2) is 30.6 Å². The van der Waals surface area contributed by atoms with Gasteiger partial charge < -0.3 is 14.2 Å². The minimum absolute atomic E-state index is 0.187.